The molecular formula is C79H140NO8P. The number of carbonyl (C=O) groups excluding carboxylic acids is 2. The Kier molecular flexibility index (Phi) is 71.0. The van der Waals surface area contributed by atoms with Crippen molar-refractivity contribution in [1.82, 2.24) is 0 Å². The van der Waals surface area contributed by atoms with Gasteiger partial charge in [0.25, 0.3) is 0 Å². The number of nitrogens with two attached hydrogens (primary N) is 1. The van der Waals surface area contributed by atoms with E-state index >= 15 is 0 Å². The lowest BCUT2D eigenvalue weighted by Crippen LogP contribution is -2.29. The molecule has 10 heteroatoms. The molecule has 0 saturated heterocycles. The Morgan fingerprint density at radius 1 is 0.348 bits per heavy atom. The smallest absolute Gasteiger partial charge is 0.462 e. The molecule has 2 atom stereocenters. The standard InChI is InChI=1S/C79H140NO8P/c1-3-5-7-9-11-13-15-17-19-21-23-25-27-29-31-33-35-36-37-38-39-40-42-44-46-48-50-52-54-56-58-60-62-64-66-68-70-72-79(82)88-77(76-87-89(83,84)86-74-73-80)75-85-78(81)71-69-67-65-63-61-59-57-55-53-51-49-47-45-43-41-34-32-30-28-26-24-22-20-18-16-14-12-10-8-6-4-2/h5,7,11,13,17,19,22-25,29,31,35-36,38-39,42,44,77H,3-4,6,8-10,12,14-16,18,20-21,26-28,30,32-34,37,40-41,43,45-76,80H2,1-2H3,(H,83,84)/b7-5-,13-11-,19-17-,24-22-,25-23-,31-29-,36-35-,39-38-,44-42-. The van der Waals surface area contributed by atoms with Gasteiger partial charge < -0.3 is 20.1 Å². The molecule has 3 N–H and O–H groups in total. The first-order valence-electron chi connectivity index (χ1n) is 37.4. The summed E-state index contributed by atoms with van der Waals surface area (Å²) < 4.78 is 33.2. The van der Waals surface area contributed by atoms with Crippen LogP contribution in [0.2, 0.25) is 0 Å². The summed E-state index contributed by atoms with van der Waals surface area (Å²) in [6.45, 7) is 3.67. The van der Waals surface area contributed by atoms with Crippen molar-refractivity contribution in [2.45, 2.75) is 354 Å². The molecule has 0 aliphatic rings. The maximum atomic E-state index is 12.8. The highest BCUT2D eigenvalue weighted by Crippen LogP contribution is 2.43. The lowest BCUT2D eigenvalue weighted by molar-refractivity contribution is -0.161. The molecular weight excluding hydrogens is 1120 g/mol. The first kappa shape index (κ1) is 85.7. The number of hydrogen-bond acceptors (Lipinski definition) is 8. The molecule has 0 fully saturated rings. The number of phosphoric ester groups is 1. The third-order valence-electron chi connectivity index (χ3n) is 16.1. The second-order valence-electron chi connectivity index (χ2n) is 24.8. The van der Waals surface area contributed by atoms with E-state index in [0.717, 1.165) is 89.9 Å². The van der Waals surface area contributed by atoms with Gasteiger partial charge in [-0.25, -0.2) is 4.57 Å². The van der Waals surface area contributed by atoms with E-state index in [1.165, 1.54) is 225 Å². The second-order valence-corrected chi connectivity index (χ2v) is 26.2. The van der Waals surface area contributed by atoms with E-state index in [1.54, 1.807) is 0 Å². The lowest BCUT2D eigenvalue weighted by Gasteiger charge is -2.19. The van der Waals surface area contributed by atoms with Gasteiger partial charge in [-0.15, -0.1) is 0 Å². The predicted molar refractivity (Wildman–Crippen MR) is 385 cm³/mol. The number of carbonyl (C=O) groups is 2. The lowest BCUT2D eigenvalue weighted by atomic mass is 10.0. The Morgan fingerprint density at radius 2 is 0.618 bits per heavy atom. The van der Waals surface area contributed by atoms with Gasteiger partial charge >= 0.3 is 19.8 Å². The molecule has 0 rings (SSSR count). The fourth-order valence-electron chi connectivity index (χ4n) is 10.7. The van der Waals surface area contributed by atoms with Crippen molar-refractivity contribution in [3.05, 3.63) is 109 Å². The minimum absolute atomic E-state index is 0.0506. The van der Waals surface area contributed by atoms with Crippen LogP contribution < -0.4 is 5.73 Å². The molecule has 0 aliphatic carbocycles. The molecule has 0 spiro atoms. The average molecular weight is 1260 g/mol. The van der Waals surface area contributed by atoms with Crippen molar-refractivity contribution in [3.63, 3.8) is 0 Å². The van der Waals surface area contributed by atoms with E-state index in [4.69, 9.17) is 24.3 Å². The van der Waals surface area contributed by atoms with Crippen LogP contribution in [0.4, 0.5) is 0 Å². The summed E-state index contributed by atoms with van der Waals surface area (Å²) >= 11 is 0. The van der Waals surface area contributed by atoms with E-state index in [9.17, 15) is 19.0 Å². The maximum absolute atomic E-state index is 12.8. The molecule has 0 aliphatic heterocycles. The molecule has 0 aromatic heterocycles. The van der Waals surface area contributed by atoms with Crippen molar-refractivity contribution in [2.24, 2.45) is 5.73 Å². The number of ether oxygens (including phenoxy) is 2. The summed E-state index contributed by atoms with van der Waals surface area (Å²) in [5, 5.41) is 0. The third kappa shape index (κ3) is 73.6. The van der Waals surface area contributed by atoms with Gasteiger partial charge in [-0.3, -0.25) is 18.6 Å². The minimum atomic E-state index is -4.40. The normalized spacial score (nSPS) is 13.5. The van der Waals surface area contributed by atoms with E-state index in [2.05, 4.69) is 123 Å². The summed E-state index contributed by atoms with van der Waals surface area (Å²) in [6, 6.07) is 0. The molecule has 89 heavy (non-hydrogen) atoms. The Morgan fingerprint density at radius 3 is 0.933 bits per heavy atom. The molecule has 9 nitrogen and oxygen atoms in total. The van der Waals surface area contributed by atoms with Crippen LogP contribution in [0.25, 0.3) is 0 Å². The molecule has 0 radical (unpaired) electrons. The quantitative estimate of drug-likeness (QED) is 0.0264. The number of allylic oxidation sites excluding steroid dienone is 18. The van der Waals surface area contributed by atoms with Crippen molar-refractivity contribution >= 4 is 19.8 Å². The van der Waals surface area contributed by atoms with Crippen molar-refractivity contribution in [1.29, 1.82) is 0 Å². The van der Waals surface area contributed by atoms with Gasteiger partial charge in [0.15, 0.2) is 6.10 Å². The summed E-state index contributed by atoms with van der Waals surface area (Å²) in [7, 11) is -4.40. The summed E-state index contributed by atoms with van der Waals surface area (Å²) in [5.74, 6) is -0.820. The SMILES string of the molecule is CC/C=C\C/C=C\C/C=C\C/C=C\C/C=C\C/C=C\C/C=C\C/C=C\CCCCCCCCCCCCCCC(=O)OC(COC(=O)CCCCCCCCCCCCCCCCCCCCC/C=C\CCCCCCCCCC)COP(=O)(O)OCCN. The Hall–Kier alpha value is -3.33. The van der Waals surface area contributed by atoms with E-state index in [0.29, 0.717) is 6.42 Å². The molecule has 0 aromatic carbocycles. The van der Waals surface area contributed by atoms with Gasteiger partial charge in [-0.1, -0.05) is 342 Å². The molecule has 514 valence electrons. The zero-order valence-electron chi connectivity index (χ0n) is 57.9. The Balaban J connectivity index is 3.87. The van der Waals surface area contributed by atoms with E-state index in [-0.39, 0.29) is 38.6 Å². The molecule has 0 heterocycles. The zero-order chi connectivity index (χ0) is 64.4. The van der Waals surface area contributed by atoms with Crippen LogP contribution in [0.1, 0.15) is 348 Å². The summed E-state index contributed by atoms with van der Waals surface area (Å²) in [4.78, 5) is 35.4. The highest BCUT2D eigenvalue weighted by Gasteiger charge is 2.26. The van der Waals surface area contributed by atoms with Gasteiger partial charge in [0.2, 0.25) is 0 Å². The number of rotatable bonds is 70. The first-order valence-corrected chi connectivity index (χ1v) is 38.9. The molecule has 0 saturated carbocycles. The number of phosphoric acid groups is 1. The maximum Gasteiger partial charge on any atom is 0.472 e. The highest BCUT2D eigenvalue weighted by molar-refractivity contribution is 7.47. The van der Waals surface area contributed by atoms with Crippen LogP contribution >= 0.6 is 7.82 Å². The fourth-order valence-corrected chi connectivity index (χ4v) is 11.4. The Bertz CT molecular complexity index is 1830. The molecule has 0 aromatic rings. The van der Waals surface area contributed by atoms with Crippen LogP contribution in [-0.2, 0) is 32.7 Å². The second kappa shape index (κ2) is 73.7. The van der Waals surface area contributed by atoms with Gasteiger partial charge in [0.05, 0.1) is 13.2 Å². The van der Waals surface area contributed by atoms with Crippen LogP contribution in [0, 0.1) is 0 Å². The van der Waals surface area contributed by atoms with Crippen LogP contribution in [-0.4, -0.2) is 49.3 Å². The van der Waals surface area contributed by atoms with Crippen LogP contribution in [0.5, 0.6) is 0 Å². The third-order valence-corrected chi connectivity index (χ3v) is 17.1. The average Bonchev–Trinajstić information content (AvgIpc) is 3.68. The predicted octanol–water partition coefficient (Wildman–Crippen LogP) is 24.9. The molecule has 2 unspecified atom stereocenters. The molecule has 0 bridgehead atoms. The van der Waals surface area contributed by atoms with Gasteiger partial charge in [0.1, 0.15) is 6.61 Å². The van der Waals surface area contributed by atoms with Gasteiger partial charge in [-0.05, 0) is 103 Å². The topological polar surface area (TPSA) is 134 Å². The fraction of sp³-hybridized carbons (Fsp3) is 0.747. The van der Waals surface area contributed by atoms with E-state index < -0.39 is 26.5 Å². The zero-order valence-corrected chi connectivity index (χ0v) is 58.8. The largest absolute Gasteiger partial charge is 0.472 e. The van der Waals surface area contributed by atoms with Gasteiger partial charge in [-0.2, -0.15) is 0 Å². The van der Waals surface area contributed by atoms with Crippen LogP contribution in [0.15, 0.2) is 109 Å². The summed E-state index contributed by atoms with van der Waals surface area (Å²) in [6.07, 6.45) is 102. The van der Waals surface area contributed by atoms with Crippen molar-refractivity contribution in [3.8, 4) is 0 Å². The number of unbranched alkanes of at least 4 members (excludes halogenated alkanes) is 39. The van der Waals surface area contributed by atoms with Crippen molar-refractivity contribution in [2.75, 3.05) is 26.4 Å². The van der Waals surface area contributed by atoms with Crippen LogP contribution in [0.3, 0.4) is 0 Å². The molecule has 0 amide bonds. The Labute approximate surface area is 549 Å². The monoisotopic (exact) mass is 1260 g/mol. The van der Waals surface area contributed by atoms with Gasteiger partial charge in [0, 0.05) is 19.4 Å². The van der Waals surface area contributed by atoms with E-state index in [1.807, 2.05) is 0 Å². The highest BCUT2D eigenvalue weighted by atomic mass is 31.2. The van der Waals surface area contributed by atoms with Crippen molar-refractivity contribution < 1.29 is 37.6 Å². The number of hydrogen-bond donors (Lipinski definition) is 2. The summed E-state index contributed by atoms with van der Waals surface area (Å²) in [5.41, 5.74) is 5.41. The first-order chi connectivity index (χ1) is 43.8. The minimum Gasteiger partial charge on any atom is -0.462 e. The number of esters is 2.